The highest BCUT2D eigenvalue weighted by Crippen LogP contribution is 2.22. The van der Waals surface area contributed by atoms with Gasteiger partial charge in [-0.2, -0.15) is 0 Å². The van der Waals surface area contributed by atoms with Crippen LogP contribution in [0.15, 0.2) is 24.3 Å². The predicted molar refractivity (Wildman–Crippen MR) is 85.8 cm³/mol. The van der Waals surface area contributed by atoms with E-state index in [2.05, 4.69) is 5.32 Å². The van der Waals surface area contributed by atoms with Gasteiger partial charge in [0.1, 0.15) is 6.04 Å². The fourth-order valence-electron chi connectivity index (χ4n) is 3.39. The van der Waals surface area contributed by atoms with Gasteiger partial charge in [0, 0.05) is 24.6 Å². The number of carbonyl (C=O) groups is 2. The fraction of sp³-hybridized carbons (Fsp3) is 0.500. The van der Waals surface area contributed by atoms with Crippen molar-refractivity contribution in [3.63, 3.8) is 0 Å². The van der Waals surface area contributed by atoms with Crippen molar-refractivity contribution in [3.05, 3.63) is 35.4 Å². The average Bonchev–Trinajstić information content (AvgIpc) is 2.87. The first kappa shape index (κ1) is 16.0. The molecule has 0 spiro atoms. The number of carbonyl (C=O) groups excluding carboxylic acids is 2. The van der Waals surface area contributed by atoms with E-state index in [0.29, 0.717) is 24.9 Å². The van der Waals surface area contributed by atoms with Gasteiger partial charge in [0.15, 0.2) is 9.84 Å². The highest BCUT2D eigenvalue weighted by Gasteiger charge is 2.38. The number of hydrogen-bond acceptors (Lipinski definition) is 4. The van der Waals surface area contributed by atoms with Crippen LogP contribution in [0.5, 0.6) is 0 Å². The Labute approximate surface area is 135 Å². The van der Waals surface area contributed by atoms with E-state index in [9.17, 15) is 18.0 Å². The van der Waals surface area contributed by atoms with Gasteiger partial charge in [-0.25, -0.2) is 8.42 Å². The Morgan fingerprint density at radius 2 is 2.09 bits per heavy atom. The predicted octanol–water partition coefficient (Wildman–Crippen LogP) is 0.377. The van der Waals surface area contributed by atoms with Gasteiger partial charge in [-0.15, -0.1) is 0 Å². The Morgan fingerprint density at radius 1 is 1.35 bits per heavy atom. The molecule has 2 aliphatic heterocycles. The van der Waals surface area contributed by atoms with Crippen LogP contribution >= 0.6 is 0 Å². The molecule has 2 unspecified atom stereocenters. The van der Waals surface area contributed by atoms with Crippen LogP contribution in [-0.2, 0) is 21.1 Å². The molecule has 2 amide bonds. The summed E-state index contributed by atoms with van der Waals surface area (Å²) in [4.78, 5) is 26.6. The van der Waals surface area contributed by atoms with Gasteiger partial charge in [0.25, 0.3) is 5.91 Å². The molecule has 2 heterocycles. The Morgan fingerprint density at radius 3 is 2.74 bits per heavy atom. The Hall–Kier alpha value is -1.89. The molecule has 2 aliphatic rings. The minimum absolute atomic E-state index is 0.0177. The van der Waals surface area contributed by atoms with E-state index in [1.807, 2.05) is 19.1 Å². The molecule has 7 heteroatoms. The molecule has 0 aliphatic carbocycles. The summed E-state index contributed by atoms with van der Waals surface area (Å²) < 4.78 is 23.3. The van der Waals surface area contributed by atoms with Gasteiger partial charge in [-0.1, -0.05) is 18.2 Å². The van der Waals surface area contributed by atoms with Crippen LogP contribution in [0.4, 0.5) is 0 Å². The molecule has 0 radical (unpaired) electrons. The van der Waals surface area contributed by atoms with Crippen molar-refractivity contribution in [2.75, 3.05) is 18.1 Å². The molecule has 1 N–H and O–H groups in total. The number of fused-ring (bicyclic) bond motifs is 1. The third kappa shape index (κ3) is 3.10. The van der Waals surface area contributed by atoms with Gasteiger partial charge in [-0.05, 0) is 25.0 Å². The third-order valence-corrected chi connectivity index (χ3v) is 6.31. The average molecular weight is 336 g/mol. The lowest BCUT2D eigenvalue weighted by molar-refractivity contribution is -0.135. The molecular formula is C16H20N2O4S. The zero-order valence-electron chi connectivity index (χ0n) is 13.0. The maximum Gasteiger partial charge on any atom is 0.252 e. The molecule has 2 atom stereocenters. The van der Waals surface area contributed by atoms with E-state index < -0.39 is 15.9 Å². The van der Waals surface area contributed by atoms with Gasteiger partial charge >= 0.3 is 0 Å². The summed E-state index contributed by atoms with van der Waals surface area (Å²) in [5.74, 6) is -0.303. The second-order valence-corrected chi connectivity index (χ2v) is 8.30. The Bertz CT molecular complexity index is 744. The summed E-state index contributed by atoms with van der Waals surface area (Å²) in [6.45, 7) is 2.27. The lowest BCUT2D eigenvalue weighted by Gasteiger charge is -2.33. The van der Waals surface area contributed by atoms with Gasteiger partial charge in [-0.3, -0.25) is 9.59 Å². The number of amides is 2. The monoisotopic (exact) mass is 336 g/mol. The largest absolute Gasteiger partial charge is 0.340 e. The SMILES string of the molecule is CCN(C(=O)C1Cc2ccccc2C(=O)N1)C1CCS(=O)(=O)C1. The first-order chi connectivity index (χ1) is 10.9. The summed E-state index contributed by atoms with van der Waals surface area (Å²) in [6, 6.07) is 6.33. The van der Waals surface area contributed by atoms with Crippen LogP contribution in [0.3, 0.4) is 0 Å². The lowest BCUT2D eigenvalue weighted by Crippen LogP contribution is -2.54. The van der Waals surface area contributed by atoms with Crippen molar-refractivity contribution in [1.82, 2.24) is 10.2 Å². The van der Waals surface area contributed by atoms with E-state index in [-0.39, 0.29) is 29.4 Å². The van der Waals surface area contributed by atoms with Crippen molar-refractivity contribution in [2.24, 2.45) is 0 Å². The second kappa shape index (κ2) is 5.96. The fourth-order valence-corrected chi connectivity index (χ4v) is 5.12. The van der Waals surface area contributed by atoms with Gasteiger partial charge in [0.2, 0.25) is 5.91 Å². The summed E-state index contributed by atoms with van der Waals surface area (Å²) in [7, 11) is -3.06. The third-order valence-electron chi connectivity index (χ3n) is 4.56. The van der Waals surface area contributed by atoms with Crippen molar-refractivity contribution in [3.8, 4) is 0 Å². The van der Waals surface area contributed by atoms with Crippen molar-refractivity contribution >= 4 is 21.7 Å². The number of nitrogens with one attached hydrogen (secondary N) is 1. The maximum absolute atomic E-state index is 12.8. The van der Waals surface area contributed by atoms with Crippen molar-refractivity contribution in [2.45, 2.75) is 31.8 Å². The second-order valence-electron chi connectivity index (χ2n) is 6.07. The molecule has 0 bridgehead atoms. The highest BCUT2D eigenvalue weighted by molar-refractivity contribution is 7.91. The number of sulfone groups is 1. The summed E-state index contributed by atoms with van der Waals surface area (Å²) in [5.41, 5.74) is 1.45. The molecule has 1 saturated heterocycles. The zero-order chi connectivity index (χ0) is 16.6. The first-order valence-electron chi connectivity index (χ1n) is 7.81. The molecule has 6 nitrogen and oxygen atoms in total. The van der Waals surface area contributed by atoms with E-state index in [1.54, 1.807) is 17.0 Å². The molecule has 1 fully saturated rings. The van der Waals surface area contributed by atoms with Crippen molar-refractivity contribution in [1.29, 1.82) is 0 Å². The topological polar surface area (TPSA) is 83.6 Å². The lowest BCUT2D eigenvalue weighted by atomic mass is 9.94. The number of benzene rings is 1. The molecule has 124 valence electrons. The van der Waals surface area contributed by atoms with Crippen LogP contribution < -0.4 is 5.32 Å². The normalized spacial score (nSPS) is 25.5. The molecule has 0 saturated carbocycles. The molecular weight excluding hydrogens is 316 g/mol. The van der Waals surface area contributed by atoms with E-state index in [1.165, 1.54) is 0 Å². The quantitative estimate of drug-likeness (QED) is 0.865. The van der Waals surface area contributed by atoms with Crippen molar-refractivity contribution < 1.29 is 18.0 Å². The van der Waals surface area contributed by atoms with Crippen LogP contribution in [0.1, 0.15) is 29.3 Å². The molecule has 23 heavy (non-hydrogen) atoms. The van der Waals surface area contributed by atoms with Gasteiger partial charge in [0.05, 0.1) is 11.5 Å². The molecule has 1 aromatic carbocycles. The maximum atomic E-state index is 12.8. The van der Waals surface area contributed by atoms with Crippen LogP contribution in [0.25, 0.3) is 0 Å². The number of rotatable bonds is 3. The molecule has 1 aromatic rings. The summed E-state index contributed by atoms with van der Waals surface area (Å²) in [5, 5.41) is 2.75. The Kier molecular flexibility index (Phi) is 4.14. The molecule has 3 rings (SSSR count). The molecule has 0 aromatic heterocycles. The minimum Gasteiger partial charge on any atom is -0.340 e. The highest BCUT2D eigenvalue weighted by atomic mass is 32.2. The standard InChI is InChI=1S/C16H20N2O4S/c1-2-18(12-7-8-23(21,22)10-12)16(20)14-9-11-5-3-4-6-13(11)15(19)17-14/h3-6,12,14H,2,7-10H2,1H3,(H,17,19). The van der Waals surface area contributed by atoms with E-state index in [0.717, 1.165) is 5.56 Å². The number of likely N-dealkylation sites (N-methyl/N-ethyl adjacent to an activating group) is 1. The zero-order valence-corrected chi connectivity index (χ0v) is 13.8. The van der Waals surface area contributed by atoms with Gasteiger partial charge < -0.3 is 10.2 Å². The summed E-state index contributed by atoms with van der Waals surface area (Å²) >= 11 is 0. The van der Waals surface area contributed by atoms with Crippen LogP contribution in [0.2, 0.25) is 0 Å². The first-order valence-corrected chi connectivity index (χ1v) is 9.63. The smallest absolute Gasteiger partial charge is 0.252 e. The van der Waals surface area contributed by atoms with Crippen LogP contribution in [0, 0.1) is 0 Å². The van der Waals surface area contributed by atoms with E-state index >= 15 is 0 Å². The summed E-state index contributed by atoms with van der Waals surface area (Å²) in [6.07, 6.45) is 0.913. The van der Waals surface area contributed by atoms with E-state index in [4.69, 9.17) is 0 Å². The minimum atomic E-state index is -3.06. The Balaban J connectivity index is 1.79. The number of hydrogen-bond donors (Lipinski definition) is 1. The number of nitrogens with zero attached hydrogens (tertiary/aromatic N) is 1. The van der Waals surface area contributed by atoms with Crippen LogP contribution in [-0.4, -0.2) is 55.3 Å².